The smallest absolute Gasteiger partial charge is 0.0380 e. The van der Waals surface area contributed by atoms with Gasteiger partial charge in [0.2, 0.25) is 0 Å². The van der Waals surface area contributed by atoms with Crippen LogP contribution in [0, 0.1) is 17.8 Å². The third-order valence-corrected chi connectivity index (χ3v) is 1.02. The van der Waals surface area contributed by atoms with Crippen molar-refractivity contribution in [2.75, 3.05) is 0 Å². The number of hydrogen-bond acceptors (Lipinski definition) is 0. The molecule has 1 radical (unpaired) electrons. The minimum atomic E-state index is 0.522. The minimum Gasteiger partial charge on any atom is -0.0628 e. The topological polar surface area (TPSA) is 0 Å². The molecule has 0 fully saturated rings. The van der Waals surface area contributed by atoms with E-state index in [2.05, 4.69) is 34.6 Å². The summed E-state index contributed by atoms with van der Waals surface area (Å²) in [5, 5.41) is 0. The molecular weight excluding hydrogens is 132 g/mol. The summed E-state index contributed by atoms with van der Waals surface area (Å²) in [5.74, 6) is 0.843. The molecule has 0 aliphatic carbocycles. The Labute approximate surface area is 73.4 Å². The van der Waals surface area contributed by atoms with Gasteiger partial charge >= 0.3 is 0 Å². The molecule has 0 amide bonds. The second-order valence-corrected chi connectivity index (χ2v) is 4.74. The highest BCUT2D eigenvalue weighted by Gasteiger charge is 2.11. The van der Waals surface area contributed by atoms with Crippen molar-refractivity contribution in [3.8, 4) is 0 Å². The van der Waals surface area contributed by atoms with Crippen molar-refractivity contribution < 1.29 is 0 Å². The van der Waals surface area contributed by atoms with Crippen LogP contribution >= 0.6 is 0 Å². The fourth-order valence-corrected chi connectivity index (χ4v) is 1.22. The molecule has 0 unspecified atom stereocenters. The van der Waals surface area contributed by atoms with Crippen molar-refractivity contribution in [1.29, 1.82) is 0 Å². The molecule has 11 heavy (non-hydrogen) atoms. The van der Waals surface area contributed by atoms with Gasteiger partial charge in [-0.15, -0.1) is 0 Å². The van der Waals surface area contributed by atoms with Gasteiger partial charge in [0.1, 0.15) is 0 Å². The molecule has 0 aliphatic rings. The van der Waals surface area contributed by atoms with Crippen LogP contribution in [0.5, 0.6) is 0 Å². The Kier molecular flexibility index (Phi) is 8.26. The Morgan fingerprint density at radius 1 is 1.09 bits per heavy atom. The fraction of sp³-hybridized carbons (Fsp3) is 0.909. The number of hydrogen-bond donors (Lipinski definition) is 0. The highest BCUT2D eigenvalue weighted by molar-refractivity contribution is 4.62. The zero-order valence-corrected chi connectivity index (χ0v) is 9.36. The monoisotopic (exact) mass is 157 g/mol. The molecule has 0 heteroatoms. The van der Waals surface area contributed by atoms with Crippen LogP contribution in [0.1, 0.15) is 54.9 Å². The average Bonchev–Trinajstić information content (AvgIpc) is 1.57. The van der Waals surface area contributed by atoms with Gasteiger partial charge < -0.3 is 0 Å². The molecule has 0 atom stereocenters. The molecule has 0 heterocycles. The van der Waals surface area contributed by atoms with Crippen molar-refractivity contribution in [2.24, 2.45) is 11.3 Å². The third-order valence-electron chi connectivity index (χ3n) is 1.02. The second kappa shape index (κ2) is 6.69. The summed E-state index contributed by atoms with van der Waals surface area (Å²) in [5.41, 5.74) is 0.522. The molecule has 0 aromatic heterocycles. The first kappa shape index (κ1) is 13.6. The van der Waals surface area contributed by atoms with Crippen LogP contribution in [-0.2, 0) is 0 Å². The fourth-order valence-electron chi connectivity index (χ4n) is 1.22. The predicted octanol–water partition coefficient (Wildman–Crippen LogP) is 4.31. The lowest BCUT2D eigenvalue weighted by atomic mass is 9.86. The van der Waals surface area contributed by atoms with Crippen molar-refractivity contribution in [1.82, 2.24) is 0 Å². The molecule has 0 bridgehead atoms. The first-order valence-corrected chi connectivity index (χ1v) is 4.57. The van der Waals surface area contributed by atoms with Crippen molar-refractivity contribution in [3.63, 3.8) is 0 Å². The van der Waals surface area contributed by atoms with E-state index in [1.807, 2.05) is 20.3 Å². The van der Waals surface area contributed by atoms with E-state index in [1.54, 1.807) is 0 Å². The quantitative estimate of drug-likeness (QED) is 0.532. The van der Waals surface area contributed by atoms with Gasteiger partial charge in [-0.25, -0.2) is 0 Å². The highest BCUT2D eigenvalue weighted by atomic mass is 14.2. The van der Waals surface area contributed by atoms with Crippen LogP contribution in [0.3, 0.4) is 0 Å². The average molecular weight is 157 g/mol. The second-order valence-electron chi connectivity index (χ2n) is 4.74. The summed E-state index contributed by atoms with van der Waals surface area (Å²) in [4.78, 5) is 0. The van der Waals surface area contributed by atoms with Crippen LogP contribution in [-0.4, -0.2) is 0 Å². The molecule has 0 aliphatic heterocycles. The Morgan fingerprint density at radius 2 is 1.36 bits per heavy atom. The van der Waals surface area contributed by atoms with Crippen LogP contribution < -0.4 is 0 Å². The summed E-state index contributed by atoms with van der Waals surface area (Å²) in [6.45, 7) is 15.4. The third kappa shape index (κ3) is 25.6. The minimum absolute atomic E-state index is 0.522. The lowest BCUT2D eigenvalue weighted by Crippen LogP contribution is -2.08. The lowest BCUT2D eigenvalue weighted by Gasteiger charge is -2.19. The van der Waals surface area contributed by atoms with Gasteiger partial charge in [0.25, 0.3) is 0 Å². The molecule has 0 saturated carbocycles. The van der Waals surface area contributed by atoms with E-state index >= 15 is 0 Å². The Hall–Kier alpha value is 0. The van der Waals surface area contributed by atoms with Gasteiger partial charge in [0, 0.05) is 0 Å². The Morgan fingerprint density at radius 3 is 1.36 bits per heavy atom. The zero-order chi connectivity index (χ0) is 9.49. The number of rotatable bonds is 1. The summed E-state index contributed by atoms with van der Waals surface area (Å²) < 4.78 is 0. The van der Waals surface area contributed by atoms with Crippen molar-refractivity contribution in [3.05, 3.63) is 6.42 Å². The summed E-state index contributed by atoms with van der Waals surface area (Å²) >= 11 is 0. The largest absolute Gasteiger partial charge is 0.0628 e. The predicted molar refractivity (Wildman–Crippen MR) is 54.6 cm³/mol. The maximum absolute atomic E-state index is 2.28. The van der Waals surface area contributed by atoms with Crippen molar-refractivity contribution in [2.45, 2.75) is 54.9 Å². The molecule has 0 nitrogen and oxygen atoms in total. The first-order chi connectivity index (χ1) is 4.83. The normalized spacial score (nSPS) is 10.9. The molecule has 0 spiro atoms. The maximum Gasteiger partial charge on any atom is -0.0380 e. The standard InChI is InChI=1S/C8H18.C3H7/c1-7(2)6-8(3,4)5;1-3-2/h7H,6H2,1-5H3;3H,1-2H3. The summed E-state index contributed by atoms with van der Waals surface area (Å²) in [6.07, 6.45) is 3.33. The lowest BCUT2D eigenvalue weighted by molar-refractivity contribution is 0.320. The Balaban J connectivity index is 0. The van der Waals surface area contributed by atoms with E-state index < -0.39 is 0 Å². The van der Waals surface area contributed by atoms with E-state index in [1.165, 1.54) is 6.42 Å². The van der Waals surface area contributed by atoms with E-state index in [9.17, 15) is 0 Å². The van der Waals surface area contributed by atoms with Crippen LogP contribution in [0.4, 0.5) is 0 Å². The highest BCUT2D eigenvalue weighted by Crippen LogP contribution is 2.23. The van der Waals surface area contributed by atoms with Gasteiger partial charge in [-0.1, -0.05) is 48.5 Å². The summed E-state index contributed by atoms with van der Waals surface area (Å²) in [6, 6.07) is 0. The van der Waals surface area contributed by atoms with E-state index in [0.29, 0.717) is 5.41 Å². The van der Waals surface area contributed by atoms with E-state index in [0.717, 1.165) is 5.92 Å². The van der Waals surface area contributed by atoms with Crippen LogP contribution in [0.25, 0.3) is 0 Å². The van der Waals surface area contributed by atoms with Gasteiger partial charge in [-0.2, -0.15) is 0 Å². The molecule has 0 aromatic carbocycles. The Bertz CT molecular complexity index is 64.6. The van der Waals surface area contributed by atoms with Gasteiger partial charge in [-0.3, -0.25) is 0 Å². The van der Waals surface area contributed by atoms with Gasteiger partial charge in [0.05, 0.1) is 0 Å². The molecule has 0 rings (SSSR count). The molecule has 0 aromatic rings. The van der Waals surface area contributed by atoms with Gasteiger partial charge in [-0.05, 0) is 24.2 Å². The van der Waals surface area contributed by atoms with E-state index in [-0.39, 0.29) is 0 Å². The first-order valence-electron chi connectivity index (χ1n) is 4.57. The molecule has 0 saturated heterocycles. The molecule has 0 N–H and O–H groups in total. The zero-order valence-electron chi connectivity index (χ0n) is 9.36. The van der Waals surface area contributed by atoms with Gasteiger partial charge in [0.15, 0.2) is 0 Å². The van der Waals surface area contributed by atoms with Crippen LogP contribution in [0.15, 0.2) is 0 Å². The molecular formula is C11H25. The molecule has 69 valence electrons. The van der Waals surface area contributed by atoms with Crippen LogP contribution in [0.2, 0.25) is 0 Å². The SMILES string of the molecule is CC(C)CC(C)(C)C.C[CH]C. The maximum atomic E-state index is 2.28. The summed E-state index contributed by atoms with van der Waals surface area (Å²) in [7, 11) is 0. The van der Waals surface area contributed by atoms with E-state index in [4.69, 9.17) is 0 Å². The van der Waals surface area contributed by atoms with Crippen molar-refractivity contribution >= 4 is 0 Å².